The second-order valence-electron chi connectivity index (χ2n) is 2.29. The number of nitrogens with two attached hydrogens (primary N) is 1. The molecule has 0 aromatic heterocycles. The van der Waals surface area contributed by atoms with Crippen LogP contribution in [0.3, 0.4) is 0 Å². The summed E-state index contributed by atoms with van der Waals surface area (Å²) in [6, 6.07) is 3.72. The lowest BCUT2D eigenvalue weighted by atomic mass is 10.2. The third kappa shape index (κ3) is 2.45. The van der Waals surface area contributed by atoms with E-state index >= 15 is 0 Å². The van der Waals surface area contributed by atoms with Crippen molar-refractivity contribution in [3.8, 4) is 5.75 Å². The molecule has 1 rings (SSSR count). The fourth-order valence-electron chi connectivity index (χ4n) is 0.881. The summed E-state index contributed by atoms with van der Waals surface area (Å²) in [6.45, 7) is 0. The van der Waals surface area contributed by atoms with Crippen molar-refractivity contribution in [3.63, 3.8) is 0 Å². The molecule has 0 aliphatic carbocycles. The lowest BCUT2D eigenvalue weighted by Crippen LogP contribution is -1.91. The Morgan fingerprint density at radius 1 is 1.38 bits per heavy atom. The Labute approximate surface area is 93.2 Å². The summed E-state index contributed by atoms with van der Waals surface area (Å²) in [4.78, 5) is 0. The topological polar surface area (TPSA) is 47.6 Å². The van der Waals surface area contributed by atoms with Gasteiger partial charge in [0.25, 0.3) is 0 Å². The molecule has 0 aliphatic heterocycles. The van der Waals surface area contributed by atoms with Crippen LogP contribution in [0, 0.1) is 0 Å². The first kappa shape index (κ1) is 10.5. The quantitative estimate of drug-likeness (QED) is 0.518. The third-order valence-electron chi connectivity index (χ3n) is 1.48. The number of halogens is 2. The minimum Gasteiger partial charge on any atom is -0.496 e. The van der Waals surface area contributed by atoms with Crippen LogP contribution in [0.15, 0.2) is 26.2 Å². The predicted octanol–water partition coefficient (Wildman–Crippen LogP) is 2.51. The zero-order valence-corrected chi connectivity index (χ0v) is 10.1. The maximum absolute atomic E-state index is 5.12. The molecule has 1 aromatic carbocycles. The maximum Gasteiger partial charge on any atom is 0.133 e. The Kier molecular flexibility index (Phi) is 3.74. The van der Waals surface area contributed by atoms with Gasteiger partial charge in [-0.05, 0) is 28.1 Å². The summed E-state index contributed by atoms with van der Waals surface area (Å²) in [5.41, 5.74) is 0.877. The number of hydrogen-bond donors (Lipinski definition) is 1. The molecule has 3 nitrogen and oxygen atoms in total. The van der Waals surface area contributed by atoms with Crippen LogP contribution >= 0.6 is 31.9 Å². The number of hydrazone groups is 1. The van der Waals surface area contributed by atoms with Crippen LogP contribution in [0.5, 0.6) is 5.75 Å². The molecule has 0 radical (unpaired) electrons. The summed E-state index contributed by atoms with van der Waals surface area (Å²) in [7, 11) is 1.61. The molecule has 0 aliphatic rings. The van der Waals surface area contributed by atoms with Gasteiger partial charge in [0, 0.05) is 10.0 Å². The highest BCUT2D eigenvalue weighted by atomic mass is 79.9. The number of ether oxygens (including phenoxy) is 1. The second-order valence-corrected chi connectivity index (χ2v) is 4.00. The Hall–Kier alpha value is -0.550. The van der Waals surface area contributed by atoms with Crippen LogP contribution in [0.4, 0.5) is 0 Å². The van der Waals surface area contributed by atoms with Gasteiger partial charge in [-0.15, -0.1) is 0 Å². The van der Waals surface area contributed by atoms with Gasteiger partial charge < -0.3 is 10.6 Å². The van der Waals surface area contributed by atoms with Gasteiger partial charge in [0.05, 0.1) is 17.8 Å². The van der Waals surface area contributed by atoms with E-state index in [-0.39, 0.29) is 0 Å². The van der Waals surface area contributed by atoms with Gasteiger partial charge >= 0.3 is 0 Å². The summed E-state index contributed by atoms with van der Waals surface area (Å²) >= 11 is 6.74. The van der Waals surface area contributed by atoms with Crippen LogP contribution in [0.25, 0.3) is 0 Å². The fraction of sp³-hybridized carbons (Fsp3) is 0.125. The van der Waals surface area contributed by atoms with Gasteiger partial charge in [-0.1, -0.05) is 15.9 Å². The van der Waals surface area contributed by atoms with Gasteiger partial charge in [-0.25, -0.2) is 0 Å². The van der Waals surface area contributed by atoms with Crippen LogP contribution in [-0.4, -0.2) is 13.3 Å². The molecule has 0 saturated carbocycles. The van der Waals surface area contributed by atoms with Gasteiger partial charge in [-0.2, -0.15) is 5.10 Å². The molecule has 70 valence electrons. The minimum atomic E-state index is 0.748. The van der Waals surface area contributed by atoms with E-state index in [0.717, 1.165) is 20.3 Å². The lowest BCUT2D eigenvalue weighted by Gasteiger charge is -2.05. The van der Waals surface area contributed by atoms with Crippen molar-refractivity contribution < 1.29 is 4.74 Å². The third-order valence-corrected chi connectivity index (χ3v) is 2.79. The average molecular weight is 308 g/mol. The number of methoxy groups -OCH3 is 1. The van der Waals surface area contributed by atoms with Gasteiger partial charge in [0.2, 0.25) is 0 Å². The van der Waals surface area contributed by atoms with E-state index in [0.29, 0.717) is 0 Å². The molecule has 0 spiro atoms. The Balaban J connectivity index is 3.22. The number of hydrogen-bond acceptors (Lipinski definition) is 3. The first-order valence-electron chi connectivity index (χ1n) is 3.45. The van der Waals surface area contributed by atoms with Crippen LogP contribution < -0.4 is 10.6 Å². The van der Waals surface area contributed by atoms with Crippen molar-refractivity contribution in [1.82, 2.24) is 0 Å². The zero-order valence-electron chi connectivity index (χ0n) is 6.92. The van der Waals surface area contributed by atoms with Gasteiger partial charge in [0.1, 0.15) is 5.75 Å². The summed E-state index contributed by atoms with van der Waals surface area (Å²) < 4.78 is 6.91. The van der Waals surface area contributed by atoms with Crippen molar-refractivity contribution in [2.24, 2.45) is 10.9 Å². The average Bonchev–Trinajstić information content (AvgIpc) is 2.10. The normalized spacial score (nSPS) is 10.7. The lowest BCUT2D eigenvalue weighted by molar-refractivity contribution is 0.412. The molecular formula is C8H8Br2N2O. The molecule has 0 unspecified atom stereocenters. The summed E-state index contributed by atoms with van der Waals surface area (Å²) in [5, 5.41) is 3.45. The smallest absolute Gasteiger partial charge is 0.133 e. The van der Waals surface area contributed by atoms with E-state index in [1.165, 1.54) is 0 Å². The molecular weight excluding hydrogens is 300 g/mol. The van der Waals surface area contributed by atoms with Crippen molar-refractivity contribution in [3.05, 3.63) is 26.6 Å². The van der Waals surface area contributed by atoms with E-state index in [9.17, 15) is 0 Å². The molecule has 0 atom stereocenters. The molecule has 5 heteroatoms. The van der Waals surface area contributed by atoms with Crippen molar-refractivity contribution in [2.45, 2.75) is 0 Å². The second kappa shape index (κ2) is 4.62. The highest BCUT2D eigenvalue weighted by molar-refractivity contribution is 9.11. The standard InChI is InChI=1S/C8H8Br2N2O/c1-13-8-2-5(4-12-11)6(9)3-7(8)10/h2-4H,11H2,1H3. The molecule has 2 N–H and O–H groups in total. The van der Waals surface area contributed by atoms with E-state index in [1.54, 1.807) is 13.3 Å². The Morgan fingerprint density at radius 2 is 2.08 bits per heavy atom. The predicted molar refractivity (Wildman–Crippen MR) is 60.2 cm³/mol. The molecule has 13 heavy (non-hydrogen) atoms. The molecule has 0 fully saturated rings. The zero-order chi connectivity index (χ0) is 9.84. The minimum absolute atomic E-state index is 0.748. The van der Waals surface area contributed by atoms with Crippen LogP contribution in [0.2, 0.25) is 0 Å². The number of nitrogens with zero attached hydrogens (tertiary/aromatic N) is 1. The molecule has 0 heterocycles. The van der Waals surface area contributed by atoms with Crippen molar-refractivity contribution >= 4 is 38.1 Å². The molecule has 1 aromatic rings. The van der Waals surface area contributed by atoms with Crippen LogP contribution in [0.1, 0.15) is 5.56 Å². The van der Waals surface area contributed by atoms with E-state index in [4.69, 9.17) is 10.6 Å². The monoisotopic (exact) mass is 306 g/mol. The number of rotatable bonds is 2. The fourth-order valence-corrected chi connectivity index (χ4v) is 2.14. The first-order valence-corrected chi connectivity index (χ1v) is 5.04. The highest BCUT2D eigenvalue weighted by Crippen LogP contribution is 2.30. The van der Waals surface area contributed by atoms with Crippen molar-refractivity contribution in [2.75, 3.05) is 7.11 Å². The highest BCUT2D eigenvalue weighted by Gasteiger charge is 2.04. The summed E-state index contributed by atoms with van der Waals surface area (Å²) in [5.74, 6) is 5.80. The maximum atomic E-state index is 5.12. The van der Waals surface area contributed by atoms with Gasteiger partial charge in [-0.3, -0.25) is 0 Å². The molecule has 0 bridgehead atoms. The summed E-state index contributed by atoms with van der Waals surface area (Å²) in [6.07, 6.45) is 1.55. The van der Waals surface area contributed by atoms with Crippen molar-refractivity contribution in [1.29, 1.82) is 0 Å². The SMILES string of the molecule is COc1cc(C=NN)c(Br)cc1Br. The first-order chi connectivity index (χ1) is 6.19. The molecule has 0 amide bonds. The number of benzene rings is 1. The Morgan fingerprint density at radius 3 is 2.62 bits per heavy atom. The van der Waals surface area contributed by atoms with E-state index in [1.807, 2.05) is 12.1 Å². The van der Waals surface area contributed by atoms with Crippen LogP contribution in [-0.2, 0) is 0 Å². The molecule has 0 saturated heterocycles. The van der Waals surface area contributed by atoms with E-state index in [2.05, 4.69) is 37.0 Å². The van der Waals surface area contributed by atoms with E-state index < -0.39 is 0 Å². The largest absolute Gasteiger partial charge is 0.496 e. The van der Waals surface area contributed by atoms with Gasteiger partial charge in [0.15, 0.2) is 0 Å². The Bertz CT molecular complexity index is 339.